The molecule has 2 atom stereocenters. The van der Waals surface area contributed by atoms with Crippen molar-refractivity contribution in [2.45, 2.75) is 44.9 Å². The topological polar surface area (TPSA) is 112 Å². The standard InChI is InChI=1S/C22H23F2N3O5/c1-2-3-6-26-10-13-8-15(28)17-16(19(29)20(30)18(22(26)32)27(13)17)21(31)25-9-11-4-5-12(23)7-14(11)24/h4-5,7,13,15,28,30H,2-3,6,8-10H2,1H3,(H,25,31). The molecule has 10 heteroatoms. The number of aromatic nitrogens is 1. The fourth-order valence-electron chi connectivity index (χ4n) is 4.42. The van der Waals surface area contributed by atoms with Gasteiger partial charge in [0.25, 0.3) is 11.8 Å². The number of pyridine rings is 1. The number of nitrogens with zero attached hydrogens (tertiary/aromatic N) is 2. The first-order valence-corrected chi connectivity index (χ1v) is 10.4. The number of carbonyl (C=O) groups excluding carboxylic acids is 2. The van der Waals surface area contributed by atoms with Gasteiger partial charge >= 0.3 is 0 Å². The lowest BCUT2D eigenvalue weighted by atomic mass is 10.1. The van der Waals surface area contributed by atoms with Crippen LogP contribution in [-0.2, 0) is 6.54 Å². The van der Waals surface area contributed by atoms with E-state index in [0.717, 1.165) is 25.0 Å². The fraction of sp³-hybridized carbons (Fsp3) is 0.409. The predicted octanol–water partition coefficient (Wildman–Crippen LogP) is 2.00. The molecular weight excluding hydrogens is 424 g/mol. The van der Waals surface area contributed by atoms with E-state index in [1.165, 1.54) is 4.57 Å². The molecule has 2 unspecified atom stereocenters. The molecule has 1 aromatic carbocycles. The lowest BCUT2D eigenvalue weighted by Gasteiger charge is -2.34. The third-order valence-electron chi connectivity index (χ3n) is 5.98. The molecule has 0 saturated carbocycles. The molecule has 2 amide bonds. The maximum atomic E-state index is 13.9. The van der Waals surface area contributed by atoms with Crippen molar-refractivity contribution in [1.82, 2.24) is 14.8 Å². The van der Waals surface area contributed by atoms with Crippen molar-refractivity contribution in [3.63, 3.8) is 0 Å². The average Bonchev–Trinajstić information content (AvgIpc) is 3.06. The van der Waals surface area contributed by atoms with Crippen molar-refractivity contribution in [1.29, 1.82) is 0 Å². The highest BCUT2D eigenvalue weighted by Gasteiger charge is 2.44. The average molecular weight is 447 g/mol. The number of nitrogens with one attached hydrogen (secondary N) is 1. The van der Waals surface area contributed by atoms with Crippen molar-refractivity contribution >= 4 is 11.8 Å². The molecule has 2 aliphatic rings. The molecule has 2 aromatic rings. The summed E-state index contributed by atoms with van der Waals surface area (Å²) in [5, 5.41) is 23.6. The Morgan fingerprint density at radius 1 is 1.28 bits per heavy atom. The van der Waals surface area contributed by atoms with Gasteiger partial charge in [0, 0.05) is 37.7 Å². The monoisotopic (exact) mass is 447 g/mol. The number of carbonyl (C=O) groups is 2. The summed E-state index contributed by atoms with van der Waals surface area (Å²) < 4.78 is 28.3. The normalized spacial score (nSPS) is 19.2. The molecule has 3 heterocycles. The lowest BCUT2D eigenvalue weighted by molar-refractivity contribution is 0.0654. The molecule has 8 nitrogen and oxygen atoms in total. The highest BCUT2D eigenvalue weighted by atomic mass is 19.1. The largest absolute Gasteiger partial charge is 0.503 e. The van der Waals surface area contributed by atoms with E-state index in [4.69, 9.17) is 0 Å². The van der Waals surface area contributed by atoms with E-state index in [0.29, 0.717) is 19.2 Å². The van der Waals surface area contributed by atoms with Gasteiger partial charge in [-0.2, -0.15) is 0 Å². The number of halogens is 2. The molecule has 0 radical (unpaired) electrons. The van der Waals surface area contributed by atoms with Crippen LogP contribution >= 0.6 is 0 Å². The van der Waals surface area contributed by atoms with Crippen molar-refractivity contribution < 1.29 is 28.6 Å². The van der Waals surface area contributed by atoms with Gasteiger partial charge in [-0.1, -0.05) is 19.4 Å². The zero-order chi connectivity index (χ0) is 23.2. The number of hydrogen-bond donors (Lipinski definition) is 3. The number of aromatic hydroxyl groups is 1. The third-order valence-corrected chi connectivity index (χ3v) is 5.98. The molecule has 3 N–H and O–H groups in total. The van der Waals surface area contributed by atoms with Gasteiger partial charge in [0.05, 0.1) is 17.8 Å². The van der Waals surface area contributed by atoms with Crippen molar-refractivity contribution in [2.24, 2.45) is 0 Å². The zero-order valence-corrected chi connectivity index (χ0v) is 17.4. The van der Waals surface area contributed by atoms with E-state index in [-0.39, 0.29) is 29.9 Å². The summed E-state index contributed by atoms with van der Waals surface area (Å²) in [5.41, 5.74) is -1.82. The Morgan fingerprint density at radius 3 is 2.72 bits per heavy atom. The van der Waals surface area contributed by atoms with Gasteiger partial charge in [-0.3, -0.25) is 14.4 Å². The molecule has 170 valence electrons. The lowest BCUT2D eigenvalue weighted by Crippen LogP contribution is -2.45. The number of amides is 2. The third kappa shape index (κ3) is 3.54. The van der Waals surface area contributed by atoms with E-state index in [9.17, 15) is 33.4 Å². The van der Waals surface area contributed by atoms with Crippen molar-refractivity contribution in [3.05, 3.63) is 62.6 Å². The van der Waals surface area contributed by atoms with E-state index in [2.05, 4.69) is 5.32 Å². The molecule has 2 aliphatic heterocycles. The van der Waals surface area contributed by atoms with Crippen LogP contribution in [0.15, 0.2) is 23.0 Å². The quantitative estimate of drug-likeness (QED) is 0.627. The minimum atomic E-state index is -1.19. The number of benzene rings is 1. The first-order chi connectivity index (χ1) is 15.2. The number of aliphatic hydroxyl groups is 1. The molecule has 32 heavy (non-hydrogen) atoms. The Bertz CT molecular complexity index is 1160. The summed E-state index contributed by atoms with van der Waals surface area (Å²) in [5.74, 6) is -3.94. The van der Waals surface area contributed by atoms with E-state index < -0.39 is 52.3 Å². The highest BCUT2D eigenvalue weighted by molar-refractivity contribution is 6.00. The van der Waals surface area contributed by atoms with E-state index in [1.54, 1.807) is 4.90 Å². The fourth-order valence-corrected chi connectivity index (χ4v) is 4.42. The molecule has 0 spiro atoms. The van der Waals surface area contributed by atoms with Crippen LogP contribution in [-0.4, -0.2) is 44.6 Å². The number of rotatable bonds is 6. The second-order valence-corrected chi connectivity index (χ2v) is 8.09. The van der Waals surface area contributed by atoms with E-state index >= 15 is 0 Å². The Labute approximate surface area is 182 Å². The van der Waals surface area contributed by atoms with Gasteiger partial charge < -0.3 is 25.0 Å². The predicted molar refractivity (Wildman–Crippen MR) is 109 cm³/mol. The van der Waals surface area contributed by atoms with Crippen LogP contribution in [0.3, 0.4) is 0 Å². The molecule has 0 saturated heterocycles. The molecule has 0 aliphatic carbocycles. The van der Waals surface area contributed by atoms with Crippen LogP contribution < -0.4 is 10.7 Å². The van der Waals surface area contributed by atoms with Gasteiger partial charge in [-0.25, -0.2) is 8.78 Å². The summed E-state index contributed by atoms with van der Waals surface area (Å²) >= 11 is 0. The molecule has 0 bridgehead atoms. The second kappa shape index (κ2) is 8.34. The molecular formula is C22H23F2N3O5. The van der Waals surface area contributed by atoms with Crippen molar-refractivity contribution in [3.8, 4) is 5.75 Å². The van der Waals surface area contributed by atoms with Gasteiger partial charge in [-0.05, 0) is 12.5 Å². The van der Waals surface area contributed by atoms with Crippen LogP contribution in [0, 0.1) is 11.6 Å². The summed E-state index contributed by atoms with van der Waals surface area (Å²) in [6.07, 6.45) is 0.599. The molecule has 1 aromatic heterocycles. The van der Waals surface area contributed by atoms with Crippen LogP contribution in [0.25, 0.3) is 0 Å². The summed E-state index contributed by atoms with van der Waals surface area (Å²) in [6.45, 7) is 2.39. The van der Waals surface area contributed by atoms with Gasteiger partial charge in [0.2, 0.25) is 5.43 Å². The first kappa shape index (κ1) is 21.9. The minimum absolute atomic E-state index is 0.00127. The number of unbranched alkanes of at least 4 members (excludes halogenated alkanes) is 1. The van der Waals surface area contributed by atoms with Gasteiger partial charge in [-0.15, -0.1) is 0 Å². The Hall–Kier alpha value is -3.27. The minimum Gasteiger partial charge on any atom is -0.503 e. The Kier molecular flexibility index (Phi) is 5.72. The van der Waals surface area contributed by atoms with Crippen LogP contribution in [0.1, 0.15) is 70.4 Å². The summed E-state index contributed by atoms with van der Waals surface area (Å²) in [4.78, 5) is 40.2. The van der Waals surface area contributed by atoms with Crippen LogP contribution in [0.4, 0.5) is 8.78 Å². The Balaban J connectivity index is 1.71. The Morgan fingerprint density at radius 2 is 2.03 bits per heavy atom. The second-order valence-electron chi connectivity index (χ2n) is 8.09. The number of aliphatic hydroxyl groups excluding tert-OH is 1. The van der Waals surface area contributed by atoms with Gasteiger partial charge in [0.1, 0.15) is 17.2 Å². The number of hydrogen-bond acceptors (Lipinski definition) is 5. The van der Waals surface area contributed by atoms with Crippen LogP contribution in [0.5, 0.6) is 5.75 Å². The van der Waals surface area contributed by atoms with Gasteiger partial charge in [0.15, 0.2) is 11.4 Å². The zero-order valence-electron chi connectivity index (χ0n) is 17.4. The summed E-state index contributed by atoms with van der Waals surface area (Å²) in [7, 11) is 0. The highest BCUT2D eigenvalue weighted by Crippen LogP contribution is 2.42. The summed E-state index contributed by atoms with van der Waals surface area (Å²) in [6, 6.07) is 2.48. The smallest absolute Gasteiger partial charge is 0.274 e. The molecule has 0 fully saturated rings. The van der Waals surface area contributed by atoms with Crippen LogP contribution in [0.2, 0.25) is 0 Å². The SMILES string of the molecule is CCCCN1CC2CC(O)c3c(C(=O)NCc4ccc(F)cc4F)c(=O)c(O)c(n32)C1=O. The molecule has 4 rings (SSSR count). The maximum Gasteiger partial charge on any atom is 0.274 e. The van der Waals surface area contributed by atoms with Crippen molar-refractivity contribution in [2.75, 3.05) is 13.1 Å². The van der Waals surface area contributed by atoms with E-state index in [1.807, 2.05) is 6.92 Å². The maximum absolute atomic E-state index is 13.9. The first-order valence-electron chi connectivity index (χ1n) is 10.4.